The van der Waals surface area contributed by atoms with Crippen LogP contribution in [0, 0.1) is 0 Å². The molecule has 0 aromatic rings. The van der Waals surface area contributed by atoms with Crippen LogP contribution in [0.15, 0.2) is 0 Å². The minimum atomic E-state index is -0.961. The molecule has 13 heavy (non-hydrogen) atoms. The Morgan fingerprint density at radius 3 is 2.08 bits per heavy atom. The SMILES string of the molecule is CCCC(=O)[O-].[Pb+][CH]1CCCCC1. The molecule has 0 amide bonds. The van der Waals surface area contributed by atoms with Gasteiger partial charge in [0.1, 0.15) is 0 Å². The number of hydrogen-bond donors (Lipinski definition) is 0. The molecule has 0 bridgehead atoms. The summed E-state index contributed by atoms with van der Waals surface area (Å²) < 4.78 is 1.17. The summed E-state index contributed by atoms with van der Waals surface area (Å²) in [6, 6.07) is 0. The van der Waals surface area contributed by atoms with Crippen molar-refractivity contribution in [2.24, 2.45) is 0 Å². The number of aliphatic carboxylic acids is 1. The van der Waals surface area contributed by atoms with Gasteiger partial charge in [-0.05, 0) is 6.42 Å². The van der Waals surface area contributed by atoms with Gasteiger partial charge >= 0.3 is 61.3 Å². The quantitative estimate of drug-likeness (QED) is 0.684. The van der Waals surface area contributed by atoms with Crippen molar-refractivity contribution in [3.05, 3.63) is 0 Å². The van der Waals surface area contributed by atoms with Crippen molar-refractivity contribution in [3.63, 3.8) is 0 Å². The Labute approximate surface area is 96.8 Å². The molecular formula is C10H18O2Pb. The van der Waals surface area contributed by atoms with Gasteiger partial charge in [-0.3, -0.25) is 0 Å². The van der Waals surface area contributed by atoms with Gasteiger partial charge in [0.25, 0.3) is 0 Å². The Hall–Kier alpha value is 0.392. The molecule has 1 aliphatic rings. The van der Waals surface area contributed by atoms with E-state index >= 15 is 0 Å². The summed E-state index contributed by atoms with van der Waals surface area (Å²) in [5.74, 6) is -0.961. The van der Waals surface area contributed by atoms with E-state index in [1.807, 2.05) is 0 Å². The van der Waals surface area contributed by atoms with Gasteiger partial charge in [-0.25, -0.2) is 0 Å². The number of carboxylic acid groups (broad SMARTS) is 1. The maximum absolute atomic E-state index is 9.49. The van der Waals surface area contributed by atoms with Gasteiger partial charge in [-0.2, -0.15) is 0 Å². The second kappa shape index (κ2) is 8.97. The third-order valence-corrected chi connectivity index (χ3v) is 4.30. The predicted octanol–water partition coefficient (Wildman–Crippen LogP) is 1.44. The fourth-order valence-electron chi connectivity index (χ4n) is 1.31. The van der Waals surface area contributed by atoms with Gasteiger partial charge < -0.3 is 9.90 Å². The van der Waals surface area contributed by atoms with Crippen LogP contribution in [0.4, 0.5) is 0 Å². The van der Waals surface area contributed by atoms with Crippen LogP contribution in [0.5, 0.6) is 0 Å². The van der Waals surface area contributed by atoms with Crippen molar-refractivity contribution in [3.8, 4) is 0 Å². The maximum atomic E-state index is 9.49. The van der Waals surface area contributed by atoms with E-state index in [1.165, 1.54) is 48.5 Å². The van der Waals surface area contributed by atoms with E-state index in [2.05, 4.69) is 0 Å². The molecule has 2 nitrogen and oxygen atoms in total. The number of hydrogen-bond acceptors (Lipinski definition) is 2. The molecule has 1 aliphatic carbocycles. The fourth-order valence-corrected chi connectivity index (χ4v) is 2.89. The Morgan fingerprint density at radius 1 is 1.38 bits per heavy atom. The molecule has 0 aliphatic heterocycles. The summed E-state index contributed by atoms with van der Waals surface area (Å²) in [6.07, 6.45) is 8.50. The van der Waals surface area contributed by atoms with Crippen LogP contribution in [0.3, 0.4) is 0 Å². The van der Waals surface area contributed by atoms with Crippen molar-refractivity contribution in [2.75, 3.05) is 0 Å². The average Bonchev–Trinajstić information content (AvgIpc) is 2.06. The first-order chi connectivity index (χ1) is 6.16. The first-order valence-corrected chi connectivity index (χ1v) is 7.32. The molecule has 3 heteroatoms. The normalized spacial score (nSPS) is 17.3. The molecule has 0 atom stereocenters. The molecule has 1 saturated carbocycles. The van der Waals surface area contributed by atoms with Crippen LogP contribution in [-0.4, -0.2) is 31.7 Å². The van der Waals surface area contributed by atoms with E-state index in [-0.39, 0.29) is 6.42 Å². The summed E-state index contributed by atoms with van der Waals surface area (Å²) in [4.78, 5) is 9.49. The first-order valence-electron chi connectivity index (χ1n) is 5.07. The van der Waals surface area contributed by atoms with E-state index in [4.69, 9.17) is 0 Å². The number of carbonyl (C=O) groups excluding carboxylic acids is 1. The third-order valence-electron chi connectivity index (χ3n) is 2.06. The molecule has 0 spiro atoms. The molecule has 0 aromatic carbocycles. The summed E-state index contributed by atoms with van der Waals surface area (Å²) in [6.45, 7) is 1.80. The van der Waals surface area contributed by atoms with Gasteiger partial charge in [-0.15, -0.1) is 0 Å². The number of carbonyl (C=O) groups is 1. The second-order valence-corrected chi connectivity index (χ2v) is 6.63. The molecule has 0 N–H and O–H groups in total. The van der Waals surface area contributed by atoms with Crippen LogP contribution >= 0.6 is 0 Å². The van der Waals surface area contributed by atoms with E-state index in [9.17, 15) is 9.90 Å². The van der Waals surface area contributed by atoms with Gasteiger partial charge in [0.05, 0.1) is 0 Å². The molecule has 74 valence electrons. The van der Waals surface area contributed by atoms with E-state index < -0.39 is 5.97 Å². The topological polar surface area (TPSA) is 40.1 Å². The molecular weight excluding hydrogens is 359 g/mol. The zero-order valence-corrected chi connectivity index (χ0v) is 12.2. The van der Waals surface area contributed by atoms with Gasteiger partial charge in [0.15, 0.2) is 0 Å². The zero-order chi connectivity index (χ0) is 10.1. The second-order valence-electron chi connectivity index (χ2n) is 3.46. The molecule has 0 unspecified atom stereocenters. The van der Waals surface area contributed by atoms with Crippen LogP contribution in [0.25, 0.3) is 0 Å². The van der Waals surface area contributed by atoms with Crippen LogP contribution in [-0.2, 0) is 4.79 Å². The van der Waals surface area contributed by atoms with Gasteiger partial charge in [0.2, 0.25) is 0 Å². The zero-order valence-electron chi connectivity index (χ0n) is 8.34. The Kier molecular flexibility index (Phi) is 9.24. The Morgan fingerprint density at radius 2 is 1.92 bits per heavy atom. The number of carboxylic acids is 1. The van der Waals surface area contributed by atoms with Crippen LogP contribution in [0.1, 0.15) is 51.9 Å². The molecule has 0 heterocycles. The van der Waals surface area contributed by atoms with Gasteiger partial charge in [-0.1, -0.05) is 13.3 Å². The molecule has 0 saturated heterocycles. The van der Waals surface area contributed by atoms with Crippen LogP contribution < -0.4 is 5.11 Å². The molecule has 2 radical (unpaired) electrons. The predicted molar refractivity (Wildman–Crippen MR) is 52.5 cm³/mol. The summed E-state index contributed by atoms with van der Waals surface area (Å²) in [7, 11) is 0. The minimum absolute atomic E-state index is 0.181. The van der Waals surface area contributed by atoms with Crippen molar-refractivity contribution >= 4 is 31.7 Å². The third kappa shape index (κ3) is 10.3. The van der Waals surface area contributed by atoms with Crippen molar-refractivity contribution in [2.45, 2.75) is 55.3 Å². The van der Waals surface area contributed by atoms with E-state index in [1.54, 1.807) is 19.8 Å². The molecule has 1 rings (SSSR count). The monoisotopic (exact) mass is 378 g/mol. The molecule has 1 fully saturated rings. The van der Waals surface area contributed by atoms with Crippen molar-refractivity contribution in [1.82, 2.24) is 0 Å². The Bertz CT molecular complexity index is 131. The molecule has 0 aromatic heterocycles. The average molecular weight is 377 g/mol. The standard InChI is InChI=1S/C6H11.C4H8O2.Pb/c1-2-4-6-5-3-1;1-2-3-4(5)6;/h1H,2-6H2;2-3H2,1H3,(H,5,6);/q;;+1/p-1. The van der Waals surface area contributed by atoms with E-state index in [0.717, 1.165) is 0 Å². The fraction of sp³-hybridized carbons (Fsp3) is 0.900. The first kappa shape index (κ1) is 13.4. The number of rotatable bonds is 2. The van der Waals surface area contributed by atoms with E-state index in [0.29, 0.717) is 6.42 Å². The Balaban J connectivity index is 0.000000226. The van der Waals surface area contributed by atoms with Crippen molar-refractivity contribution < 1.29 is 9.90 Å². The summed E-state index contributed by atoms with van der Waals surface area (Å²) >= 11 is 1.45. The van der Waals surface area contributed by atoms with Crippen LogP contribution in [0.2, 0.25) is 3.48 Å². The summed E-state index contributed by atoms with van der Waals surface area (Å²) in [5.41, 5.74) is 0. The van der Waals surface area contributed by atoms with Gasteiger partial charge in [0, 0.05) is 5.97 Å². The van der Waals surface area contributed by atoms with Crippen molar-refractivity contribution in [1.29, 1.82) is 0 Å². The summed E-state index contributed by atoms with van der Waals surface area (Å²) in [5, 5.41) is 9.49.